The molecule has 1 aromatic heterocycles. The van der Waals surface area contributed by atoms with Crippen LogP contribution in [0.2, 0.25) is 5.02 Å². The Bertz CT molecular complexity index is 627. The zero-order valence-corrected chi connectivity index (χ0v) is 11.0. The van der Waals surface area contributed by atoms with Crippen LogP contribution < -0.4 is 5.32 Å². The lowest BCUT2D eigenvalue weighted by Crippen LogP contribution is -2.33. The SMILES string of the molecule is O=C(NCC1Cc2ccccc21)c1cc(Cl)ccn1. The van der Waals surface area contributed by atoms with E-state index >= 15 is 0 Å². The zero-order chi connectivity index (χ0) is 13.2. The molecule has 3 rings (SSSR count). The van der Waals surface area contributed by atoms with E-state index in [1.54, 1.807) is 12.1 Å². The number of benzene rings is 1. The number of carbonyl (C=O) groups is 1. The fourth-order valence-corrected chi connectivity index (χ4v) is 2.54. The Morgan fingerprint density at radius 2 is 2.21 bits per heavy atom. The van der Waals surface area contributed by atoms with Gasteiger partial charge >= 0.3 is 0 Å². The van der Waals surface area contributed by atoms with Crippen molar-refractivity contribution >= 4 is 17.5 Å². The number of pyridine rings is 1. The molecule has 0 fully saturated rings. The molecule has 1 aromatic carbocycles. The highest BCUT2D eigenvalue weighted by molar-refractivity contribution is 6.30. The summed E-state index contributed by atoms with van der Waals surface area (Å²) in [5.41, 5.74) is 3.07. The summed E-state index contributed by atoms with van der Waals surface area (Å²) in [5, 5.41) is 3.43. The minimum absolute atomic E-state index is 0.174. The summed E-state index contributed by atoms with van der Waals surface area (Å²) in [4.78, 5) is 15.9. The molecule has 19 heavy (non-hydrogen) atoms. The van der Waals surface area contributed by atoms with Crippen molar-refractivity contribution in [2.75, 3.05) is 6.54 Å². The van der Waals surface area contributed by atoms with Crippen LogP contribution in [-0.2, 0) is 6.42 Å². The van der Waals surface area contributed by atoms with Crippen LogP contribution >= 0.6 is 11.6 Å². The van der Waals surface area contributed by atoms with E-state index < -0.39 is 0 Å². The van der Waals surface area contributed by atoms with E-state index in [0.29, 0.717) is 23.2 Å². The second kappa shape index (κ2) is 5.02. The minimum Gasteiger partial charge on any atom is -0.350 e. The fraction of sp³-hybridized carbons (Fsp3) is 0.200. The van der Waals surface area contributed by atoms with Crippen LogP contribution in [0.5, 0.6) is 0 Å². The van der Waals surface area contributed by atoms with Crippen LogP contribution in [0.1, 0.15) is 27.5 Å². The van der Waals surface area contributed by atoms with Gasteiger partial charge in [-0.1, -0.05) is 35.9 Å². The molecule has 1 atom stereocenters. The smallest absolute Gasteiger partial charge is 0.269 e. The molecule has 1 unspecified atom stereocenters. The Labute approximate surface area is 116 Å². The number of fused-ring (bicyclic) bond motifs is 1. The van der Waals surface area contributed by atoms with Gasteiger partial charge in [-0.15, -0.1) is 0 Å². The molecule has 0 spiro atoms. The molecule has 3 nitrogen and oxygen atoms in total. The van der Waals surface area contributed by atoms with Crippen LogP contribution in [0.3, 0.4) is 0 Å². The van der Waals surface area contributed by atoms with E-state index in [1.807, 2.05) is 12.1 Å². The predicted molar refractivity (Wildman–Crippen MR) is 74.5 cm³/mol. The average molecular weight is 273 g/mol. The van der Waals surface area contributed by atoms with Gasteiger partial charge in [0.25, 0.3) is 5.91 Å². The molecule has 0 saturated carbocycles. The van der Waals surface area contributed by atoms with E-state index in [2.05, 4.69) is 22.4 Å². The summed E-state index contributed by atoms with van der Waals surface area (Å²) < 4.78 is 0. The van der Waals surface area contributed by atoms with Gasteiger partial charge in [-0.05, 0) is 29.7 Å². The Balaban J connectivity index is 1.61. The number of halogens is 1. The first-order valence-corrected chi connectivity index (χ1v) is 6.59. The van der Waals surface area contributed by atoms with Crippen molar-refractivity contribution < 1.29 is 4.79 Å². The first kappa shape index (κ1) is 12.2. The van der Waals surface area contributed by atoms with E-state index in [9.17, 15) is 4.79 Å². The molecule has 0 saturated heterocycles. The second-order valence-corrected chi connectivity index (χ2v) is 5.11. The number of hydrogen-bond acceptors (Lipinski definition) is 2. The molecule has 0 aliphatic heterocycles. The molecule has 1 heterocycles. The maximum atomic E-state index is 11.9. The molecule has 4 heteroatoms. The number of hydrogen-bond donors (Lipinski definition) is 1. The van der Waals surface area contributed by atoms with Crippen molar-refractivity contribution in [2.24, 2.45) is 0 Å². The summed E-state index contributed by atoms with van der Waals surface area (Å²) in [6, 6.07) is 11.6. The van der Waals surface area contributed by atoms with Crippen LogP contribution in [0.15, 0.2) is 42.6 Å². The molecule has 2 aromatic rings. The number of nitrogens with one attached hydrogen (secondary N) is 1. The van der Waals surface area contributed by atoms with Crippen molar-refractivity contribution in [2.45, 2.75) is 12.3 Å². The lowest BCUT2D eigenvalue weighted by molar-refractivity contribution is 0.0945. The summed E-state index contributed by atoms with van der Waals surface area (Å²) >= 11 is 5.84. The Morgan fingerprint density at radius 3 is 3.00 bits per heavy atom. The minimum atomic E-state index is -0.174. The molecule has 1 aliphatic carbocycles. The van der Waals surface area contributed by atoms with Gasteiger partial charge < -0.3 is 5.32 Å². The average Bonchev–Trinajstić information content (AvgIpc) is 2.39. The number of aromatic nitrogens is 1. The van der Waals surface area contributed by atoms with Crippen molar-refractivity contribution in [1.29, 1.82) is 0 Å². The third-order valence-corrected chi connectivity index (χ3v) is 3.66. The number of carbonyl (C=O) groups excluding carboxylic acids is 1. The Hall–Kier alpha value is -1.87. The highest BCUT2D eigenvalue weighted by Gasteiger charge is 2.25. The highest BCUT2D eigenvalue weighted by atomic mass is 35.5. The number of amides is 1. The van der Waals surface area contributed by atoms with E-state index in [-0.39, 0.29) is 5.91 Å². The second-order valence-electron chi connectivity index (χ2n) is 4.67. The molecule has 1 aliphatic rings. The zero-order valence-electron chi connectivity index (χ0n) is 10.3. The maximum Gasteiger partial charge on any atom is 0.269 e. The van der Waals surface area contributed by atoms with Crippen LogP contribution in [0.25, 0.3) is 0 Å². The third kappa shape index (κ3) is 2.47. The van der Waals surface area contributed by atoms with Crippen LogP contribution in [-0.4, -0.2) is 17.4 Å². The summed E-state index contributed by atoms with van der Waals surface area (Å²) in [7, 11) is 0. The molecular weight excluding hydrogens is 260 g/mol. The summed E-state index contributed by atoms with van der Waals surface area (Å²) in [5.74, 6) is 0.242. The Kier molecular flexibility index (Phi) is 3.22. The fourth-order valence-electron chi connectivity index (χ4n) is 2.38. The highest BCUT2D eigenvalue weighted by Crippen LogP contribution is 2.33. The maximum absolute atomic E-state index is 11.9. The van der Waals surface area contributed by atoms with Gasteiger partial charge in [0.15, 0.2) is 0 Å². The van der Waals surface area contributed by atoms with Gasteiger partial charge in [0.1, 0.15) is 5.69 Å². The van der Waals surface area contributed by atoms with Crippen LogP contribution in [0.4, 0.5) is 0 Å². The lowest BCUT2D eigenvalue weighted by Gasteiger charge is -2.30. The topological polar surface area (TPSA) is 42.0 Å². The summed E-state index contributed by atoms with van der Waals surface area (Å²) in [6.07, 6.45) is 2.56. The third-order valence-electron chi connectivity index (χ3n) is 3.42. The van der Waals surface area contributed by atoms with E-state index in [0.717, 1.165) is 6.42 Å². The first-order valence-electron chi connectivity index (χ1n) is 6.21. The van der Waals surface area contributed by atoms with Crippen LogP contribution in [0, 0.1) is 0 Å². The summed E-state index contributed by atoms with van der Waals surface area (Å²) in [6.45, 7) is 0.643. The normalized spacial score (nSPS) is 16.4. The molecular formula is C15H13ClN2O. The largest absolute Gasteiger partial charge is 0.350 e. The van der Waals surface area contributed by atoms with Crippen molar-refractivity contribution in [3.63, 3.8) is 0 Å². The van der Waals surface area contributed by atoms with Gasteiger partial charge in [-0.3, -0.25) is 9.78 Å². The number of rotatable bonds is 3. The van der Waals surface area contributed by atoms with Gasteiger partial charge in [0.2, 0.25) is 0 Å². The molecule has 1 N–H and O–H groups in total. The standard InChI is InChI=1S/C15H13ClN2O/c16-12-5-6-17-14(8-12)15(19)18-9-11-7-10-3-1-2-4-13(10)11/h1-6,8,11H,7,9H2,(H,18,19). The molecule has 0 radical (unpaired) electrons. The quantitative estimate of drug-likeness (QED) is 0.934. The molecule has 96 valence electrons. The van der Waals surface area contributed by atoms with Gasteiger partial charge in [-0.25, -0.2) is 0 Å². The van der Waals surface area contributed by atoms with E-state index in [1.165, 1.54) is 17.3 Å². The molecule has 0 bridgehead atoms. The monoisotopic (exact) mass is 272 g/mol. The predicted octanol–water partition coefficient (Wildman–Crippen LogP) is 2.80. The van der Waals surface area contributed by atoms with E-state index in [4.69, 9.17) is 11.6 Å². The Morgan fingerprint density at radius 1 is 1.37 bits per heavy atom. The van der Waals surface area contributed by atoms with Gasteiger partial charge in [-0.2, -0.15) is 0 Å². The van der Waals surface area contributed by atoms with Gasteiger partial charge in [0.05, 0.1) is 0 Å². The number of nitrogens with zero attached hydrogens (tertiary/aromatic N) is 1. The first-order chi connectivity index (χ1) is 9.24. The molecule has 1 amide bonds. The van der Waals surface area contributed by atoms with Crippen molar-refractivity contribution in [3.8, 4) is 0 Å². The van der Waals surface area contributed by atoms with Crippen molar-refractivity contribution in [1.82, 2.24) is 10.3 Å². The lowest BCUT2D eigenvalue weighted by atomic mass is 9.77. The van der Waals surface area contributed by atoms with Crippen molar-refractivity contribution in [3.05, 3.63) is 64.4 Å². The van der Waals surface area contributed by atoms with Gasteiger partial charge in [0, 0.05) is 23.7 Å².